The van der Waals surface area contributed by atoms with Gasteiger partial charge in [0.25, 0.3) is 5.91 Å². The standard InChI is InChI=1S/C26H24N4O2/c1-19-7-2-3-8-22(19)28-26(31)25-18-29(23-9-4-5-10-24(23)32-25)17-20-11-13-21(14-12-20)30-16-6-15-27-30/h2-16,25H,17-18H2,1H3,(H,28,31). The van der Waals surface area contributed by atoms with Gasteiger partial charge in [-0.15, -0.1) is 0 Å². The van der Waals surface area contributed by atoms with E-state index in [1.165, 1.54) is 0 Å². The van der Waals surface area contributed by atoms with Gasteiger partial charge in [0.15, 0.2) is 6.10 Å². The number of nitrogens with one attached hydrogen (secondary N) is 1. The molecule has 2 heterocycles. The van der Waals surface area contributed by atoms with E-state index in [0.29, 0.717) is 13.1 Å². The summed E-state index contributed by atoms with van der Waals surface area (Å²) < 4.78 is 7.91. The summed E-state index contributed by atoms with van der Waals surface area (Å²) in [6.07, 6.45) is 3.08. The number of rotatable bonds is 5. The summed E-state index contributed by atoms with van der Waals surface area (Å²) in [4.78, 5) is 15.2. The van der Waals surface area contributed by atoms with Gasteiger partial charge in [0.05, 0.1) is 17.9 Å². The molecule has 0 aliphatic carbocycles. The lowest BCUT2D eigenvalue weighted by molar-refractivity contribution is -0.122. The largest absolute Gasteiger partial charge is 0.477 e. The molecule has 1 atom stereocenters. The molecule has 1 unspecified atom stereocenters. The smallest absolute Gasteiger partial charge is 0.267 e. The zero-order valence-corrected chi connectivity index (χ0v) is 17.8. The molecule has 32 heavy (non-hydrogen) atoms. The van der Waals surface area contributed by atoms with Gasteiger partial charge < -0.3 is 15.0 Å². The molecule has 1 amide bonds. The van der Waals surface area contributed by atoms with Crippen molar-refractivity contribution in [1.29, 1.82) is 0 Å². The van der Waals surface area contributed by atoms with Crippen molar-refractivity contribution in [2.24, 2.45) is 0 Å². The van der Waals surface area contributed by atoms with Gasteiger partial charge >= 0.3 is 0 Å². The number of aryl methyl sites for hydroxylation is 1. The van der Waals surface area contributed by atoms with E-state index < -0.39 is 6.10 Å². The summed E-state index contributed by atoms with van der Waals surface area (Å²) in [6, 6.07) is 25.8. The van der Waals surface area contributed by atoms with Crippen LogP contribution in [0.1, 0.15) is 11.1 Å². The molecule has 0 bridgehead atoms. The fourth-order valence-corrected chi connectivity index (χ4v) is 3.92. The number of hydrogen-bond donors (Lipinski definition) is 1. The number of amides is 1. The van der Waals surface area contributed by atoms with Crippen LogP contribution < -0.4 is 15.0 Å². The van der Waals surface area contributed by atoms with Gasteiger partial charge in [0.1, 0.15) is 5.75 Å². The first-order valence-corrected chi connectivity index (χ1v) is 10.6. The Bertz CT molecular complexity index is 1220. The molecule has 3 aromatic carbocycles. The molecule has 160 valence electrons. The number of nitrogens with zero attached hydrogens (tertiary/aromatic N) is 3. The van der Waals surface area contributed by atoms with Crippen LogP contribution in [-0.4, -0.2) is 28.3 Å². The first kappa shape index (κ1) is 19.9. The molecular formula is C26H24N4O2. The summed E-state index contributed by atoms with van der Waals surface area (Å²) in [7, 11) is 0. The molecule has 4 aromatic rings. The first-order valence-electron chi connectivity index (χ1n) is 10.6. The Labute approximate surface area is 187 Å². The summed E-state index contributed by atoms with van der Waals surface area (Å²) in [5.41, 5.74) is 4.97. The minimum Gasteiger partial charge on any atom is -0.477 e. The van der Waals surface area contributed by atoms with E-state index in [-0.39, 0.29) is 5.91 Å². The van der Waals surface area contributed by atoms with E-state index in [9.17, 15) is 4.79 Å². The minimum absolute atomic E-state index is 0.146. The maximum atomic E-state index is 13.0. The lowest BCUT2D eigenvalue weighted by Crippen LogP contribution is -2.46. The van der Waals surface area contributed by atoms with Gasteiger partial charge in [0.2, 0.25) is 0 Å². The lowest BCUT2D eigenvalue weighted by atomic mass is 10.1. The van der Waals surface area contributed by atoms with Crippen LogP contribution in [0.3, 0.4) is 0 Å². The summed E-state index contributed by atoms with van der Waals surface area (Å²) in [6.45, 7) is 3.12. The fourth-order valence-electron chi connectivity index (χ4n) is 3.92. The Balaban J connectivity index is 1.35. The van der Waals surface area contributed by atoms with Gasteiger partial charge in [-0.1, -0.05) is 42.5 Å². The van der Waals surface area contributed by atoms with Crippen LogP contribution >= 0.6 is 0 Å². The highest BCUT2D eigenvalue weighted by atomic mass is 16.5. The molecule has 6 heteroatoms. The average Bonchev–Trinajstić information content (AvgIpc) is 3.36. The molecule has 0 fully saturated rings. The molecule has 6 nitrogen and oxygen atoms in total. The maximum Gasteiger partial charge on any atom is 0.267 e. The molecule has 0 saturated heterocycles. The SMILES string of the molecule is Cc1ccccc1NC(=O)C1CN(Cc2ccc(-n3cccn3)cc2)c2ccccc2O1. The third kappa shape index (κ3) is 4.07. The number of hydrogen-bond acceptors (Lipinski definition) is 4. The van der Waals surface area contributed by atoms with Crippen molar-refractivity contribution in [2.75, 3.05) is 16.8 Å². The monoisotopic (exact) mass is 424 g/mol. The molecule has 0 spiro atoms. The first-order chi connectivity index (χ1) is 15.7. The molecule has 0 saturated carbocycles. The summed E-state index contributed by atoms with van der Waals surface area (Å²) >= 11 is 0. The molecule has 5 rings (SSSR count). The van der Waals surface area contributed by atoms with Gasteiger partial charge in [-0.2, -0.15) is 5.10 Å². The molecule has 1 aliphatic heterocycles. The van der Waals surface area contributed by atoms with Crippen LogP contribution in [0.25, 0.3) is 5.69 Å². The van der Waals surface area contributed by atoms with Crippen LogP contribution in [0, 0.1) is 6.92 Å². The van der Waals surface area contributed by atoms with E-state index in [4.69, 9.17) is 4.74 Å². The number of para-hydroxylation sites is 3. The zero-order valence-electron chi connectivity index (χ0n) is 17.8. The normalized spacial score (nSPS) is 15.0. The maximum absolute atomic E-state index is 13.0. The van der Waals surface area contributed by atoms with Crippen LogP contribution in [0.4, 0.5) is 11.4 Å². The molecular weight excluding hydrogens is 400 g/mol. The lowest BCUT2D eigenvalue weighted by Gasteiger charge is -2.35. The predicted molar refractivity (Wildman–Crippen MR) is 125 cm³/mol. The number of carbonyl (C=O) groups excluding carboxylic acids is 1. The van der Waals surface area contributed by atoms with E-state index in [2.05, 4.69) is 39.6 Å². The van der Waals surface area contributed by atoms with Crippen LogP contribution in [0.2, 0.25) is 0 Å². The van der Waals surface area contributed by atoms with E-state index in [1.54, 1.807) is 6.20 Å². The quantitative estimate of drug-likeness (QED) is 0.509. The number of anilines is 2. The second-order valence-corrected chi connectivity index (χ2v) is 7.88. The topological polar surface area (TPSA) is 59.4 Å². The van der Waals surface area contributed by atoms with E-state index in [1.807, 2.05) is 72.4 Å². The van der Waals surface area contributed by atoms with E-state index in [0.717, 1.165) is 33.9 Å². The van der Waals surface area contributed by atoms with Gasteiger partial charge in [-0.25, -0.2) is 4.68 Å². The Morgan fingerprint density at radius 1 is 1.03 bits per heavy atom. The number of carbonyl (C=O) groups is 1. The highest BCUT2D eigenvalue weighted by Crippen LogP contribution is 2.34. The molecule has 0 radical (unpaired) electrons. The Morgan fingerprint density at radius 2 is 1.81 bits per heavy atom. The third-order valence-corrected chi connectivity index (χ3v) is 5.64. The van der Waals surface area contributed by atoms with Crippen LogP contribution in [-0.2, 0) is 11.3 Å². The van der Waals surface area contributed by atoms with Gasteiger partial charge in [-0.3, -0.25) is 4.79 Å². The third-order valence-electron chi connectivity index (χ3n) is 5.64. The number of ether oxygens (including phenoxy) is 1. The second-order valence-electron chi connectivity index (χ2n) is 7.88. The Kier molecular flexibility index (Phi) is 5.34. The van der Waals surface area contributed by atoms with Crippen molar-refractivity contribution >= 4 is 17.3 Å². The van der Waals surface area contributed by atoms with Crippen LogP contribution in [0.5, 0.6) is 5.75 Å². The highest BCUT2D eigenvalue weighted by Gasteiger charge is 2.31. The second kappa shape index (κ2) is 8.59. The van der Waals surface area contributed by atoms with Gasteiger partial charge in [-0.05, 0) is 54.4 Å². The van der Waals surface area contributed by atoms with Crippen molar-refractivity contribution in [2.45, 2.75) is 19.6 Å². The number of fused-ring (bicyclic) bond motifs is 1. The summed E-state index contributed by atoms with van der Waals surface area (Å²) in [5, 5.41) is 7.29. The zero-order chi connectivity index (χ0) is 21.9. The molecule has 1 N–H and O–H groups in total. The Hall–Kier alpha value is -4.06. The van der Waals surface area contributed by atoms with Crippen molar-refractivity contribution in [3.8, 4) is 11.4 Å². The number of benzene rings is 3. The average molecular weight is 425 g/mol. The predicted octanol–water partition coefficient (Wildman–Crippen LogP) is 4.59. The van der Waals surface area contributed by atoms with E-state index >= 15 is 0 Å². The highest BCUT2D eigenvalue weighted by molar-refractivity contribution is 5.96. The van der Waals surface area contributed by atoms with Crippen molar-refractivity contribution in [1.82, 2.24) is 9.78 Å². The van der Waals surface area contributed by atoms with Crippen molar-refractivity contribution in [3.63, 3.8) is 0 Å². The molecule has 1 aliphatic rings. The molecule has 1 aromatic heterocycles. The Morgan fingerprint density at radius 3 is 2.59 bits per heavy atom. The number of aromatic nitrogens is 2. The van der Waals surface area contributed by atoms with Crippen molar-refractivity contribution in [3.05, 3.63) is 102 Å². The van der Waals surface area contributed by atoms with Gasteiger partial charge in [0, 0.05) is 24.6 Å². The fraction of sp³-hybridized carbons (Fsp3) is 0.154. The summed E-state index contributed by atoms with van der Waals surface area (Å²) in [5.74, 6) is 0.574. The van der Waals surface area contributed by atoms with Crippen LogP contribution in [0.15, 0.2) is 91.3 Å². The van der Waals surface area contributed by atoms with Crippen molar-refractivity contribution < 1.29 is 9.53 Å². The minimum atomic E-state index is -0.604.